The van der Waals surface area contributed by atoms with Crippen LogP contribution < -0.4 is 10.6 Å². The van der Waals surface area contributed by atoms with Crippen molar-refractivity contribution in [1.82, 2.24) is 0 Å². The zero-order valence-electron chi connectivity index (χ0n) is 14.6. The summed E-state index contributed by atoms with van der Waals surface area (Å²) in [7, 11) is 0. The quantitative estimate of drug-likeness (QED) is 0.399. The number of nitrogens with zero attached hydrogens (tertiary/aromatic N) is 1. The number of aromatic carboxylic acids is 1. The lowest BCUT2D eigenvalue weighted by Gasteiger charge is -2.18. The van der Waals surface area contributed by atoms with Gasteiger partial charge in [-0.1, -0.05) is 12.1 Å². The van der Waals surface area contributed by atoms with Crippen LogP contribution in [0.15, 0.2) is 53.4 Å². The largest absolute Gasteiger partial charge is 0.478 e. The van der Waals surface area contributed by atoms with E-state index in [1.165, 1.54) is 16.7 Å². The van der Waals surface area contributed by atoms with Gasteiger partial charge in [0, 0.05) is 21.4 Å². The zero-order valence-corrected chi connectivity index (χ0v) is 15.4. The van der Waals surface area contributed by atoms with Crippen LogP contribution in [0.5, 0.6) is 0 Å². The lowest BCUT2D eigenvalue weighted by Crippen LogP contribution is -2.28. The van der Waals surface area contributed by atoms with E-state index in [0.717, 1.165) is 0 Å². The number of nitrogen functional groups attached to an aromatic ring is 1. The molecule has 2 unspecified atom stereocenters. The molecule has 3 rings (SSSR count). The summed E-state index contributed by atoms with van der Waals surface area (Å²) in [6, 6.07) is 13.6. The molecule has 2 atom stereocenters. The molecule has 1 saturated heterocycles. The number of carbonyl (C=O) groups excluding carboxylic acids is 1. The van der Waals surface area contributed by atoms with E-state index in [0.29, 0.717) is 22.7 Å². The standard InChI is InChI=1S/C19H19N3O4S/c1-11(27-16-5-3-2-4-14(16)18(23)24)15-10-22(19(25)26-15)13-8-6-12(7-9-13)17(20)21/h2-9,11,15H,10H2,1H3,(H3,20,21)(H,23,24). The summed E-state index contributed by atoms with van der Waals surface area (Å²) in [5.41, 5.74) is 6.92. The summed E-state index contributed by atoms with van der Waals surface area (Å²) in [5.74, 6) is -1.02. The number of nitrogens with two attached hydrogens (primary N) is 1. The van der Waals surface area contributed by atoms with Gasteiger partial charge in [-0.25, -0.2) is 9.59 Å². The predicted molar refractivity (Wildman–Crippen MR) is 104 cm³/mol. The van der Waals surface area contributed by atoms with Crippen molar-refractivity contribution in [2.24, 2.45) is 5.73 Å². The van der Waals surface area contributed by atoms with Crippen molar-refractivity contribution in [2.75, 3.05) is 11.4 Å². The average Bonchev–Trinajstić information content (AvgIpc) is 3.04. The molecule has 8 heteroatoms. The molecule has 1 heterocycles. The predicted octanol–water partition coefficient (Wildman–Crippen LogP) is 3.17. The SMILES string of the molecule is CC(Sc1ccccc1C(=O)O)C1CN(c2ccc(C(=N)N)cc2)C(=O)O1. The van der Waals surface area contributed by atoms with Gasteiger partial charge < -0.3 is 15.6 Å². The topological polar surface area (TPSA) is 117 Å². The molecule has 0 aromatic heterocycles. The van der Waals surface area contributed by atoms with Gasteiger partial charge >= 0.3 is 12.1 Å². The first-order chi connectivity index (χ1) is 12.9. The number of hydrogen-bond donors (Lipinski definition) is 3. The molecule has 0 aliphatic carbocycles. The van der Waals surface area contributed by atoms with E-state index < -0.39 is 12.1 Å². The monoisotopic (exact) mass is 385 g/mol. The third kappa shape index (κ3) is 4.06. The summed E-state index contributed by atoms with van der Waals surface area (Å²) in [6.45, 7) is 2.27. The third-order valence-electron chi connectivity index (χ3n) is 4.28. The molecule has 0 saturated carbocycles. The fourth-order valence-electron chi connectivity index (χ4n) is 2.78. The minimum absolute atomic E-state index is 0.0365. The fourth-order valence-corrected chi connectivity index (χ4v) is 3.92. The Kier molecular flexibility index (Phi) is 5.36. The van der Waals surface area contributed by atoms with Gasteiger partial charge in [0.25, 0.3) is 0 Å². The summed E-state index contributed by atoms with van der Waals surface area (Å²) in [4.78, 5) is 25.8. The normalized spacial score (nSPS) is 17.4. The number of ether oxygens (including phenoxy) is 1. The highest BCUT2D eigenvalue weighted by molar-refractivity contribution is 8.00. The van der Waals surface area contributed by atoms with Crippen molar-refractivity contribution < 1.29 is 19.4 Å². The van der Waals surface area contributed by atoms with E-state index in [9.17, 15) is 14.7 Å². The smallest absolute Gasteiger partial charge is 0.414 e. The first-order valence-corrected chi connectivity index (χ1v) is 9.16. The van der Waals surface area contributed by atoms with E-state index in [2.05, 4.69) is 0 Å². The van der Waals surface area contributed by atoms with Crippen LogP contribution in [0.25, 0.3) is 0 Å². The Balaban J connectivity index is 1.71. The molecule has 1 aliphatic rings. The first kappa shape index (κ1) is 18.8. The second-order valence-corrected chi connectivity index (χ2v) is 7.54. The number of benzene rings is 2. The van der Waals surface area contributed by atoms with Crippen molar-refractivity contribution in [3.63, 3.8) is 0 Å². The fraction of sp³-hybridized carbons (Fsp3) is 0.211. The first-order valence-electron chi connectivity index (χ1n) is 8.28. The minimum atomic E-state index is -0.985. The Bertz CT molecular complexity index is 885. The second-order valence-electron chi connectivity index (χ2n) is 6.12. The van der Waals surface area contributed by atoms with Crippen LogP contribution in [0, 0.1) is 5.41 Å². The van der Waals surface area contributed by atoms with Crippen LogP contribution in [0.4, 0.5) is 10.5 Å². The lowest BCUT2D eigenvalue weighted by molar-refractivity contribution is 0.0693. The molecule has 2 aromatic rings. The molecule has 4 N–H and O–H groups in total. The Morgan fingerprint density at radius 2 is 1.96 bits per heavy atom. The van der Waals surface area contributed by atoms with Crippen molar-refractivity contribution >= 4 is 35.3 Å². The molecular weight excluding hydrogens is 366 g/mol. The molecule has 27 heavy (non-hydrogen) atoms. The molecule has 7 nitrogen and oxygen atoms in total. The Morgan fingerprint density at radius 1 is 1.30 bits per heavy atom. The van der Waals surface area contributed by atoms with Crippen LogP contribution in [-0.2, 0) is 4.74 Å². The molecule has 0 radical (unpaired) electrons. The summed E-state index contributed by atoms with van der Waals surface area (Å²) in [5, 5.41) is 16.6. The van der Waals surface area contributed by atoms with Gasteiger partial charge in [0.05, 0.1) is 12.1 Å². The number of nitrogens with one attached hydrogen (secondary N) is 1. The molecule has 0 spiro atoms. The van der Waals surface area contributed by atoms with Crippen molar-refractivity contribution in [2.45, 2.75) is 23.2 Å². The number of carbonyl (C=O) groups is 2. The molecule has 2 aromatic carbocycles. The van der Waals surface area contributed by atoms with Gasteiger partial charge in [-0.3, -0.25) is 10.3 Å². The number of amides is 1. The number of thioether (sulfide) groups is 1. The van der Waals surface area contributed by atoms with Crippen LogP contribution in [0.3, 0.4) is 0 Å². The molecule has 1 amide bonds. The number of carboxylic acid groups (broad SMARTS) is 1. The molecule has 1 aliphatic heterocycles. The Hall–Kier alpha value is -3.00. The van der Waals surface area contributed by atoms with E-state index in [1.807, 2.05) is 6.92 Å². The summed E-state index contributed by atoms with van der Waals surface area (Å²) >= 11 is 1.37. The van der Waals surface area contributed by atoms with Crippen LogP contribution in [-0.4, -0.2) is 40.9 Å². The highest BCUT2D eigenvalue weighted by Crippen LogP contribution is 2.33. The molecular formula is C19H19N3O4S. The Labute approximate surface area is 160 Å². The van der Waals surface area contributed by atoms with Crippen LogP contribution in [0.1, 0.15) is 22.8 Å². The van der Waals surface area contributed by atoms with Gasteiger partial charge in [-0.2, -0.15) is 0 Å². The van der Waals surface area contributed by atoms with Crippen molar-refractivity contribution in [3.8, 4) is 0 Å². The average molecular weight is 385 g/mol. The molecule has 140 valence electrons. The molecule has 1 fully saturated rings. The van der Waals surface area contributed by atoms with Gasteiger partial charge in [-0.15, -0.1) is 11.8 Å². The van der Waals surface area contributed by atoms with Gasteiger partial charge in [0.15, 0.2) is 0 Å². The second kappa shape index (κ2) is 7.71. The number of rotatable bonds is 6. The maximum absolute atomic E-state index is 12.3. The minimum Gasteiger partial charge on any atom is -0.478 e. The van der Waals surface area contributed by atoms with E-state index in [1.54, 1.807) is 48.5 Å². The number of carboxylic acids is 1. The van der Waals surface area contributed by atoms with E-state index in [4.69, 9.17) is 15.9 Å². The van der Waals surface area contributed by atoms with Crippen molar-refractivity contribution in [3.05, 3.63) is 59.7 Å². The van der Waals surface area contributed by atoms with Crippen LogP contribution >= 0.6 is 11.8 Å². The lowest BCUT2D eigenvalue weighted by atomic mass is 10.2. The van der Waals surface area contributed by atoms with Gasteiger partial charge in [-0.05, 0) is 43.3 Å². The number of cyclic esters (lactones) is 1. The molecule has 0 bridgehead atoms. The summed E-state index contributed by atoms with van der Waals surface area (Å²) < 4.78 is 5.49. The highest BCUT2D eigenvalue weighted by atomic mass is 32.2. The van der Waals surface area contributed by atoms with Crippen LogP contribution in [0.2, 0.25) is 0 Å². The van der Waals surface area contributed by atoms with Gasteiger partial charge in [0.2, 0.25) is 0 Å². The highest BCUT2D eigenvalue weighted by Gasteiger charge is 2.36. The summed E-state index contributed by atoms with van der Waals surface area (Å²) in [6.07, 6.45) is -0.827. The van der Waals surface area contributed by atoms with E-state index in [-0.39, 0.29) is 22.8 Å². The number of amidine groups is 1. The van der Waals surface area contributed by atoms with Gasteiger partial charge in [0.1, 0.15) is 11.9 Å². The third-order valence-corrected chi connectivity index (χ3v) is 5.56. The van der Waals surface area contributed by atoms with Crippen molar-refractivity contribution in [1.29, 1.82) is 5.41 Å². The maximum atomic E-state index is 12.3. The number of anilines is 1. The maximum Gasteiger partial charge on any atom is 0.414 e. The van der Waals surface area contributed by atoms with E-state index >= 15 is 0 Å². The Morgan fingerprint density at radius 3 is 2.59 bits per heavy atom. The number of hydrogen-bond acceptors (Lipinski definition) is 5. The zero-order chi connectivity index (χ0) is 19.6.